The van der Waals surface area contributed by atoms with Gasteiger partial charge in [-0.1, -0.05) is 44.2 Å². The van der Waals surface area contributed by atoms with Crippen LogP contribution < -0.4 is 4.74 Å². The molecule has 1 saturated carbocycles. The predicted octanol–water partition coefficient (Wildman–Crippen LogP) is 6.07. The highest BCUT2D eigenvalue weighted by atomic mass is 19.3. The maximum absolute atomic E-state index is 12.5. The van der Waals surface area contributed by atoms with Gasteiger partial charge in [-0.25, -0.2) is 0 Å². The lowest BCUT2D eigenvalue weighted by molar-refractivity contribution is 0.412. The Morgan fingerprint density at radius 3 is 2.43 bits per heavy atom. The zero-order valence-electron chi connectivity index (χ0n) is 13.3. The first-order chi connectivity index (χ1) is 11.0. The molecule has 0 saturated heterocycles. The molecule has 2 aromatic carbocycles. The lowest BCUT2D eigenvalue weighted by atomic mass is 10.0. The molecule has 1 nitrogen and oxygen atoms in total. The summed E-state index contributed by atoms with van der Waals surface area (Å²) in [6.45, 7) is 4.10. The molecule has 0 amide bonds. The van der Waals surface area contributed by atoms with Crippen LogP contribution in [-0.2, 0) is 6.42 Å². The van der Waals surface area contributed by atoms with Gasteiger partial charge in [-0.05, 0) is 59.6 Å². The van der Waals surface area contributed by atoms with E-state index in [0.717, 1.165) is 29.6 Å². The first kappa shape index (κ1) is 15.7. The van der Waals surface area contributed by atoms with E-state index in [0.29, 0.717) is 0 Å². The Labute approximate surface area is 135 Å². The van der Waals surface area contributed by atoms with Crippen molar-refractivity contribution < 1.29 is 13.5 Å². The zero-order chi connectivity index (χ0) is 16.4. The molecule has 0 aliphatic heterocycles. The highest BCUT2D eigenvalue weighted by molar-refractivity contribution is 5.35. The van der Waals surface area contributed by atoms with Crippen molar-refractivity contribution >= 4 is 0 Å². The van der Waals surface area contributed by atoms with Crippen LogP contribution in [0.4, 0.5) is 8.78 Å². The smallest absolute Gasteiger partial charge is 0.266 e. The largest absolute Gasteiger partial charge is 0.457 e. The second kappa shape index (κ2) is 6.15. The summed E-state index contributed by atoms with van der Waals surface area (Å²) in [5.41, 5.74) is 1.05. The van der Waals surface area contributed by atoms with Gasteiger partial charge >= 0.3 is 0 Å². The quantitative estimate of drug-likeness (QED) is 0.650. The first-order valence-corrected chi connectivity index (χ1v) is 7.81. The highest BCUT2D eigenvalue weighted by Crippen LogP contribution is 2.60. The van der Waals surface area contributed by atoms with Gasteiger partial charge in [0, 0.05) is 0 Å². The average Bonchev–Trinajstić information content (AvgIpc) is 3.00. The summed E-state index contributed by atoms with van der Waals surface area (Å²) in [7, 11) is 0. The van der Waals surface area contributed by atoms with Gasteiger partial charge in [-0.3, -0.25) is 0 Å². The monoisotopic (exact) mass is 314 g/mol. The molecule has 23 heavy (non-hydrogen) atoms. The maximum Gasteiger partial charge on any atom is 0.266 e. The second-order valence-electron chi connectivity index (χ2n) is 6.68. The van der Waals surface area contributed by atoms with Crippen LogP contribution in [0.5, 0.6) is 11.5 Å². The number of allylic oxidation sites excluding steroid dienone is 1. The van der Waals surface area contributed by atoms with Crippen molar-refractivity contribution in [3.05, 3.63) is 72.3 Å². The summed E-state index contributed by atoms with van der Waals surface area (Å²) >= 11 is 0. The minimum atomic E-state index is -1.58. The van der Waals surface area contributed by atoms with Crippen LogP contribution in [0.3, 0.4) is 0 Å². The van der Waals surface area contributed by atoms with Crippen LogP contribution in [-0.4, -0.2) is 0 Å². The normalized spacial score (nSPS) is 21.6. The van der Waals surface area contributed by atoms with Gasteiger partial charge in [0.2, 0.25) is 0 Å². The SMILES string of the molecule is CC1(C)C(C=C(F)F)C1Cc1cccc(Oc2ccccc2)c1. The van der Waals surface area contributed by atoms with Crippen LogP contribution in [0, 0.1) is 17.3 Å². The Hall–Kier alpha value is -2.16. The molecule has 1 fully saturated rings. The van der Waals surface area contributed by atoms with E-state index >= 15 is 0 Å². The van der Waals surface area contributed by atoms with Crippen molar-refractivity contribution in [3.63, 3.8) is 0 Å². The van der Waals surface area contributed by atoms with E-state index in [-0.39, 0.29) is 17.3 Å². The maximum atomic E-state index is 12.5. The number of hydrogen-bond donors (Lipinski definition) is 0. The van der Waals surface area contributed by atoms with Crippen LogP contribution in [0.15, 0.2) is 66.8 Å². The van der Waals surface area contributed by atoms with Crippen molar-refractivity contribution in [3.8, 4) is 11.5 Å². The topological polar surface area (TPSA) is 9.23 Å². The summed E-state index contributed by atoms with van der Waals surface area (Å²) in [5.74, 6) is 1.76. The Kier molecular flexibility index (Phi) is 4.20. The molecule has 120 valence electrons. The molecule has 2 atom stereocenters. The summed E-state index contributed by atoms with van der Waals surface area (Å²) in [6.07, 6.45) is 0.314. The lowest BCUT2D eigenvalue weighted by Gasteiger charge is -2.08. The Bertz CT molecular complexity index is 703. The predicted molar refractivity (Wildman–Crippen MR) is 87.7 cm³/mol. The molecule has 0 aromatic heterocycles. The molecule has 1 aliphatic rings. The standard InChI is InChI=1S/C20H20F2O/c1-20(2)17(18(20)13-19(21)22)12-14-7-6-10-16(11-14)23-15-8-4-3-5-9-15/h3-11,13,17-18H,12H2,1-2H3. The van der Waals surface area contributed by atoms with Crippen molar-refractivity contribution in [2.75, 3.05) is 0 Å². The number of rotatable bonds is 5. The van der Waals surface area contributed by atoms with E-state index in [4.69, 9.17) is 4.74 Å². The van der Waals surface area contributed by atoms with E-state index in [1.54, 1.807) is 0 Å². The van der Waals surface area contributed by atoms with E-state index < -0.39 is 6.08 Å². The Balaban J connectivity index is 1.70. The van der Waals surface area contributed by atoms with Gasteiger partial charge in [0.05, 0.1) is 0 Å². The Morgan fingerprint density at radius 2 is 1.74 bits per heavy atom. The van der Waals surface area contributed by atoms with Crippen LogP contribution in [0.1, 0.15) is 19.4 Å². The number of benzene rings is 2. The van der Waals surface area contributed by atoms with Gasteiger partial charge < -0.3 is 4.74 Å². The first-order valence-electron chi connectivity index (χ1n) is 7.81. The van der Waals surface area contributed by atoms with E-state index in [1.165, 1.54) is 0 Å². The molecule has 1 aliphatic carbocycles. The van der Waals surface area contributed by atoms with Gasteiger partial charge in [-0.2, -0.15) is 8.78 Å². The number of para-hydroxylation sites is 1. The summed E-state index contributed by atoms with van der Waals surface area (Å²) in [4.78, 5) is 0. The minimum absolute atomic E-state index is 0.0498. The van der Waals surface area contributed by atoms with Crippen LogP contribution >= 0.6 is 0 Å². The molecular formula is C20H20F2O. The van der Waals surface area contributed by atoms with Crippen molar-refractivity contribution in [2.24, 2.45) is 17.3 Å². The fraction of sp³-hybridized carbons (Fsp3) is 0.300. The van der Waals surface area contributed by atoms with Gasteiger partial charge in [0.1, 0.15) is 11.5 Å². The second-order valence-corrected chi connectivity index (χ2v) is 6.68. The molecule has 3 heteroatoms. The molecular weight excluding hydrogens is 294 g/mol. The van der Waals surface area contributed by atoms with Crippen LogP contribution in [0.2, 0.25) is 0 Å². The number of halogens is 2. The molecule has 2 aromatic rings. The molecule has 0 spiro atoms. The third kappa shape index (κ3) is 3.61. The van der Waals surface area contributed by atoms with Crippen molar-refractivity contribution in [1.82, 2.24) is 0 Å². The van der Waals surface area contributed by atoms with E-state index in [2.05, 4.69) is 0 Å². The van der Waals surface area contributed by atoms with Crippen molar-refractivity contribution in [2.45, 2.75) is 20.3 Å². The highest BCUT2D eigenvalue weighted by Gasteiger charge is 2.56. The van der Waals surface area contributed by atoms with Gasteiger partial charge in [0.25, 0.3) is 6.08 Å². The Morgan fingerprint density at radius 1 is 1.04 bits per heavy atom. The average molecular weight is 314 g/mol. The van der Waals surface area contributed by atoms with Gasteiger partial charge in [-0.15, -0.1) is 0 Å². The van der Waals surface area contributed by atoms with Crippen molar-refractivity contribution in [1.29, 1.82) is 0 Å². The molecule has 3 rings (SSSR count). The fourth-order valence-corrected chi connectivity index (χ4v) is 3.26. The minimum Gasteiger partial charge on any atom is -0.457 e. The number of hydrogen-bond acceptors (Lipinski definition) is 1. The molecule has 0 bridgehead atoms. The van der Waals surface area contributed by atoms with Crippen LogP contribution in [0.25, 0.3) is 0 Å². The molecule has 0 N–H and O–H groups in total. The molecule has 2 unspecified atom stereocenters. The molecule has 0 radical (unpaired) electrons. The lowest BCUT2D eigenvalue weighted by Crippen LogP contribution is -1.95. The summed E-state index contributed by atoms with van der Waals surface area (Å²) < 4.78 is 30.9. The summed E-state index contributed by atoms with van der Waals surface area (Å²) in [6, 6.07) is 17.5. The van der Waals surface area contributed by atoms with E-state index in [9.17, 15) is 8.78 Å². The third-order valence-electron chi connectivity index (χ3n) is 4.78. The summed E-state index contributed by atoms with van der Waals surface area (Å²) in [5, 5.41) is 0. The van der Waals surface area contributed by atoms with E-state index in [1.807, 2.05) is 68.4 Å². The fourth-order valence-electron chi connectivity index (χ4n) is 3.26. The third-order valence-corrected chi connectivity index (χ3v) is 4.78. The van der Waals surface area contributed by atoms with Gasteiger partial charge in [0.15, 0.2) is 0 Å². The zero-order valence-corrected chi connectivity index (χ0v) is 13.3. The number of ether oxygens (including phenoxy) is 1. The molecule has 0 heterocycles.